The molecule has 0 spiro atoms. The molecule has 0 heterocycles. The summed E-state index contributed by atoms with van der Waals surface area (Å²) in [5.74, 6) is 0.103. The molecule has 1 N–H and O–H groups in total. The Balaban J connectivity index is 1.85. The molecular weight excluding hydrogens is 308 g/mol. The molecule has 0 fully saturated rings. The summed E-state index contributed by atoms with van der Waals surface area (Å²) in [5, 5.41) is 3.45. The average molecular weight is 336 g/mol. The van der Waals surface area contributed by atoms with E-state index in [1.807, 2.05) is 61.2 Å². The predicted octanol–water partition coefficient (Wildman–Crippen LogP) is 4.36. The Morgan fingerprint density at radius 1 is 1.00 bits per heavy atom. The van der Waals surface area contributed by atoms with Gasteiger partial charge in [0, 0.05) is 31.7 Å². The summed E-state index contributed by atoms with van der Waals surface area (Å²) >= 11 is 0. The van der Waals surface area contributed by atoms with E-state index in [0.29, 0.717) is 0 Å². The number of hydrogen-bond donors (Lipinski definition) is 1. The van der Waals surface area contributed by atoms with Gasteiger partial charge in [0.15, 0.2) is 0 Å². The zero-order chi connectivity index (χ0) is 18.1. The van der Waals surface area contributed by atoms with Gasteiger partial charge in [-0.3, -0.25) is 4.79 Å². The second-order valence-corrected chi connectivity index (χ2v) is 6.18. The van der Waals surface area contributed by atoms with E-state index in [-0.39, 0.29) is 5.91 Å². The van der Waals surface area contributed by atoms with Gasteiger partial charge in [0.05, 0.1) is 0 Å². The number of nitrogens with zero attached hydrogens (tertiary/aromatic N) is 1. The highest BCUT2D eigenvalue weighted by atomic mass is 16.2. The van der Waals surface area contributed by atoms with Crippen LogP contribution in [0.2, 0.25) is 0 Å². The van der Waals surface area contributed by atoms with Crippen molar-refractivity contribution in [2.75, 3.05) is 19.6 Å². The lowest BCUT2D eigenvalue weighted by Gasteiger charge is -2.18. The fraction of sp³-hybridized carbons (Fsp3) is 0.318. The number of carbonyl (C=O) groups excluding carboxylic acids is 1. The molecule has 132 valence electrons. The number of amides is 1. The van der Waals surface area contributed by atoms with Crippen molar-refractivity contribution in [3.05, 3.63) is 76.9 Å². The minimum atomic E-state index is 0.103. The topological polar surface area (TPSA) is 32.3 Å². The standard InChI is InChI=1S/C22H28N2O/c1-4-24(5-2)22(25)21-13-11-20(12-14-21)17-23-16-18(3)15-19-9-7-6-8-10-19/h6-15,23H,4-5,16-17H2,1-3H3/b18-15+. The first kappa shape index (κ1) is 18.9. The Kier molecular flexibility index (Phi) is 7.42. The van der Waals surface area contributed by atoms with Gasteiger partial charge in [-0.2, -0.15) is 0 Å². The molecule has 3 heteroatoms. The van der Waals surface area contributed by atoms with Gasteiger partial charge in [0.1, 0.15) is 0 Å². The number of rotatable bonds is 8. The Labute approximate surface area is 151 Å². The molecule has 25 heavy (non-hydrogen) atoms. The quantitative estimate of drug-likeness (QED) is 0.777. The van der Waals surface area contributed by atoms with Crippen LogP contribution in [-0.2, 0) is 6.54 Å². The molecule has 0 aromatic heterocycles. The summed E-state index contributed by atoms with van der Waals surface area (Å²) in [6, 6.07) is 18.2. The molecule has 0 unspecified atom stereocenters. The molecule has 2 aromatic carbocycles. The Hall–Kier alpha value is -2.39. The van der Waals surface area contributed by atoms with Crippen LogP contribution in [0.15, 0.2) is 60.2 Å². The monoisotopic (exact) mass is 336 g/mol. The fourth-order valence-corrected chi connectivity index (χ4v) is 2.75. The van der Waals surface area contributed by atoms with Crippen LogP contribution < -0.4 is 5.32 Å². The molecule has 0 aliphatic carbocycles. The first-order valence-corrected chi connectivity index (χ1v) is 8.95. The first-order chi connectivity index (χ1) is 12.1. The van der Waals surface area contributed by atoms with Crippen LogP contribution in [-0.4, -0.2) is 30.4 Å². The summed E-state index contributed by atoms with van der Waals surface area (Å²) in [5.41, 5.74) is 4.46. The van der Waals surface area contributed by atoms with Gasteiger partial charge in [0.2, 0.25) is 0 Å². The number of nitrogens with one attached hydrogen (secondary N) is 1. The lowest BCUT2D eigenvalue weighted by atomic mass is 10.1. The van der Waals surface area contributed by atoms with Crippen LogP contribution in [0.4, 0.5) is 0 Å². The normalized spacial score (nSPS) is 11.4. The van der Waals surface area contributed by atoms with Crippen molar-refractivity contribution < 1.29 is 4.79 Å². The zero-order valence-electron chi connectivity index (χ0n) is 15.5. The van der Waals surface area contributed by atoms with Crippen molar-refractivity contribution in [1.82, 2.24) is 10.2 Å². The smallest absolute Gasteiger partial charge is 0.253 e. The van der Waals surface area contributed by atoms with E-state index in [9.17, 15) is 4.79 Å². The summed E-state index contributed by atoms with van der Waals surface area (Å²) < 4.78 is 0. The predicted molar refractivity (Wildman–Crippen MR) is 105 cm³/mol. The zero-order valence-corrected chi connectivity index (χ0v) is 15.5. The Bertz CT molecular complexity index is 686. The minimum Gasteiger partial charge on any atom is -0.339 e. The molecule has 3 nitrogen and oxygen atoms in total. The van der Waals surface area contributed by atoms with Gasteiger partial charge < -0.3 is 10.2 Å². The third-order valence-electron chi connectivity index (χ3n) is 4.20. The molecule has 0 saturated carbocycles. The maximum Gasteiger partial charge on any atom is 0.253 e. The highest BCUT2D eigenvalue weighted by Crippen LogP contribution is 2.09. The van der Waals surface area contributed by atoms with E-state index in [1.165, 1.54) is 16.7 Å². The molecule has 0 atom stereocenters. The van der Waals surface area contributed by atoms with Gasteiger partial charge in [-0.05, 0) is 44.0 Å². The van der Waals surface area contributed by atoms with Crippen LogP contribution in [0, 0.1) is 0 Å². The number of carbonyl (C=O) groups is 1. The third-order valence-corrected chi connectivity index (χ3v) is 4.20. The number of hydrogen-bond acceptors (Lipinski definition) is 2. The van der Waals surface area contributed by atoms with Crippen molar-refractivity contribution >= 4 is 12.0 Å². The van der Waals surface area contributed by atoms with Crippen LogP contribution >= 0.6 is 0 Å². The minimum absolute atomic E-state index is 0.103. The summed E-state index contributed by atoms with van der Waals surface area (Å²) in [7, 11) is 0. The molecular formula is C22H28N2O. The van der Waals surface area contributed by atoms with Gasteiger partial charge >= 0.3 is 0 Å². The van der Waals surface area contributed by atoms with Crippen LogP contribution in [0.25, 0.3) is 6.08 Å². The largest absolute Gasteiger partial charge is 0.339 e. The van der Waals surface area contributed by atoms with E-state index in [4.69, 9.17) is 0 Å². The molecule has 0 aliphatic rings. The van der Waals surface area contributed by atoms with E-state index in [1.54, 1.807) is 0 Å². The highest BCUT2D eigenvalue weighted by Gasteiger charge is 2.11. The van der Waals surface area contributed by atoms with E-state index in [0.717, 1.165) is 31.7 Å². The highest BCUT2D eigenvalue weighted by molar-refractivity contribution is 5.94. The van der Waals surface area contributed by atoms with Gasteiger partial charge in [-0.15, -0.1) is 0 Å². The van der Waals surface area contributed by atoms with Crippen molar-refractivity contribution in [2.24, 2.45) is 0 Å². The van der Waals surface area contributed by atoms with Crippen LogP contribution in [0.1, 0.15) is 42.3 Å². The van der Waals surface area contributed by atoms with Crippen molar-refractivity contribution in [1.29, 1.82) is 0 Å². The maximum atomic E-state index is 12.3. The molecule has 0 radical (unpaired) electrons. The van der Waals surface area contributed by atoms with E-state index >= 15 is 0 Å². The van der Waals surface area contributed by atoms with E-state index < -0.39 is 0 Å². The van der Waals surface area contributed by atoms with Gasteiger partial charge in [-0.25, -0.2) is 0 Å². The molecule has 2 aromatic rings. The van der Waals surface area contributed by atoms with Gasteiger partial charge in [-0.1, -0.05) is 54.1 Å². The van der Waals surface area contributed by atoms with Crippen molar-refractivity contribution in [3.8, 4) is 0 Å². The molecule has 0 aliphatic heterocycles. The Morgan fingerprint density at radius 2 is 1.64 bits per heavy atom. The molecule has 0 bridgehead atoms. The molecule has 0 saturated heterocycles. The second-order valence-electron chi connectivity index (χ2n) is 6.18. The lowest BCUT2D eigenvalue weighted by Crippen LogP contribution is -2.30. The third kappa shape index (κ3) is 5.87. The van der Waals surface area contributed by atoms with Crippen LogP contribution in [0.5, 0.6) is 0 Å². The molecule has 2 rings (SSSR count). The average Bonchev–Trinajstić information content (AvgIpc) is 2.64. The summed E-state index contributed by atoms with van der Waals surface area (Å²) in [4.78, 5) is 14.1. The summed E-state index contributed by atoms with van der Waals surface area (Å²) in [6.45, 7) is 9.26. The fourth-order valence-electron chi connectivity index (χ4n) is 2.75. The van der Waals surface area contributed by atoms with Crippen molar-refractivity contribution in [2.45, 2.75) is 27.3 Å². The van der Waals surface area contributed by atoms with Crippen molar-refractivity contribution in [3.63, 3.8) is 0 Å². The van der Waals surface area contributed by atoms with Gasteiger partial charge in [0.25, 0.3) is 5.91 Å². The first-order valence-electron chi connectivity index (χ1n) is 8.95. The second kappa shape index (κ2) is 9.80. The molecule has 1 amide bonds. The van der Waals surface area contributed by atoms with Crippen LogP contribution in [0.3, 0.4) is 0 Å². The maximum absolute atomic E-state index is 12.3. The van der Waals surface area contributed by atoms with E-state index in [2.05, 4.69) is 30.4 Å². The lowest BCUT2D eigenvalue weighted by molar-refractivity contribution is 0.0773. The SMILES string of the molecule is CCN(CC)C(=O)c1ccc(CNC/C(C)=C/c2ccccc2)cc1. The Morgan fingerprint density at radius 3 is 2.24 bits per heavy atom. The number of benzene rings is 2. The summed E-state index contributed by atoms with van der Waals surface area (Å²) in [6.07, 6.45) is 2.19.